The van der Waals surface area contributed by atoms with Gasteiger partial charge in [0.15, 0.2) is 5.75 Å². The summed E-state index contributed by atoms with van der Waals surface area (Å²) < 4.78 is 6.57. The number of aryl methyl sites for hydroxylation is 1. The van der Waals surface area contributed by atoms with Gasteiger partial charge >= 0.3 is 5.69 Å². The van der Waals surface area contributed by atoms with Crippen molar-refractivity contribution in [1.82, 2.24) is 14.5 Å². The molecule has 0 fully saturated rings. The molecule has 3 aromatic rings. The van der Waals surface area contributed by atoms with Crippen molar-refractivity contribution in [3.63, 3.8) is 0 Å². The third kappa shape index (κ3) is 4.13. The molecule has 2 N–H and O–H groups in total. The largest absolute Gasteiger partial charge is 0.488 e. The fourth-order valence-corrected chi connectivity index (χ4v) is 5.57. The lowest BCUT2D eigenvalue weighted by molar-refractivity contribution is 0.218. The van der Waals surface area contributed by atoms with Gasteiger partial charge in [0.1, 0.15) is 4.83 Å². The number of nitrogens with zero attached hydrogens (tertiary/aromatic N) is 1. The molecule has 8 heteroatoms. The predicted molar refractivity (Wildman–Crippen MR) is 124 cm³/mol. The lowest BCUT2D eigenvalue weighted by Gasteiger charge is -2.33. The summed E-state index contributed by atoms with van der Waals surface area (Å²) >= 11 is 1.53. The molecule has 0 aliphatic heterocycles. The Morgan fingerprint density at radius 1 is 1.26 bits per heavy atom. The minimum absolute atomic E-state index is 0.00262. The molecule has 166 valence electrons. The summed E-state index contributed by atoms with van der Waals surface area (Å²) in [7, 11) is 0. The Morgan fingerprint density at radius 2 is 2.03 bits per heavy atom. The molecular weight excluding hydrogens is 414 g/mol. The Kier molecular flexibility index (Phi) is 5.68. The van der Waals surface area contributed by atoms with E-state index in [1.54, 1.807) is 0 Å². The lowest BCUT2D eigenvalue weighted by Crippen LogP contribution is -2.36. The molecule has 0 radical (unpaired) electrons. The monoisotopic (exact) mass is 443 g/mol. The van der Waals surface area contributed by atoms with Crippen molar-refractivity contribution in [3.05, 3.63) is 59.5 Å². The zero-order valence-corrected chi connectivity index (χ0v) is 19.3. The summed E-state index contributed by atoms with van der Waals surface area (Å²) in [5.41, 5.74) is 0.743. The number of fused-ring (bicyclic) bond motifs is 3. The molecule has 7 nitrogen and oxygen atoms in total. The first kappa shape index (κ1) is 21.6. The van der Waals surface area contributed by atoms with Crippen molar-refractivity contribution < 1.29 is 4.74 Å². The number of ether oxygens (including phenoxy) is 1. The van der Waals surface area contributed by atoms with Crippen molar-refractivity contribution in [3.8, 4) is 5.75 Å². The van der Waals surface area contributed by atoms with E-state index in [1.165, 1.54) is 33.0 Å². The van der Waals surface area contributed by atoms with Crippen molar-refractivity contribution in [2.75, 3.05) is 6.61 Å². The smallest absolute Gasteiger partial charge is 0.329 e. The Labute approximate surface area is 184 Å². The van der Waals surface area contributed by atoms with Gasteiger partial charge in [-0.15, -0.1) is 11.3 Å². The lowest BCUT2D eigenvalue weighted by atomic mass is 9.72. The molecule has 1 atom stereocenters. The molecule has 1 unspecified atom stereocenters. The van der Waals surface area contributed by atoms with E-state index < -0.39 is 5.69 Å². The number of hydrogen-bond donors (Lipinski definition) is 2. The van der Waals surface area contributed by atoms with Crippen LogP contribution in [0.5, 0.6) is 5.75 Å². The van der Waals surface area contributed by atoms with E-state index in [4.69, 9.17) is 4.74 Å². The van der Waals surface area contributed by atoms with Gasteiger partial charge in [-0.3, -0.25) is 19.1 Å². The van der Waals surface area contributed by atoms with E-state index in [0.29, 0.717) is 28.4 Å². The fourth-order valence-electron chi connectivity index (χ4n) is 4.26. The van der Waals surface area contributed by atoms with Crippen LogP contribution >= 0.6 is 11.3 Å². The Bertz CT molecular complexity index is 1290. The van der Waals surface area contributed by atoms with Gasteiger partial charge in [0.25, 0.3) is 5.56 Å². The summed E-state index contributed by atoms with van der Waals surface area (Å²) in [5, 5.41) is 0.622. The fraction of sp³-hybridized carbons (Fsp3) is 0.522. The standard InChI is InChI=1S/C23H29N3O4S/c1-5-8-30-17-11-24-14(10-16(17)27)12-26-21(28)19-15-7-6-13(23(2,3)4)9-18(15)31-20(19)25-22(26)29/h10-11,13H,5-9,12H2,1-4H3,(H,24,27)(H,25,29). The molecule has 0 bridgehead atoms. The van der Waals surface area contributed by atoms with Crippen LogP contribution in [0.25, 0.3) is 10.2 Å². The number of aromatic nitrogens is 3. The number of nitrogens with one attached hydrogen (secondary N) is 2. The number of pyridine rings is 1. The Morgan fingerprint density at radius 3 is 2.71 bits per heavy atom. The topological polar surface area (TPSA) is 96.9 Å². The van der Waals surface area contributed by atoms with Gasteiger partial charge < -0.3 is 9.72 Å². The number of hydrogen-bond acceptors (Lipinski definition) is 5. The highest BCUT2D eigenvalue weighted by molar-refractivity contribution is 7.18. The van der Waals surface area contributed by atoms with Crippen LogP contribution in [-0.4, -0.2) is 21.1 Å². The molecule has 3 heterocycles. The van der Waals surface area contributed by atoms with Crippen molar-refractivity contribution >= 4 is 21.6 Å². The first-order valence-electron chi connectivity index (χ1n) is 10.8. The van der Waals surface area contributed by atoms with Crippen molar-refractivity contribution in [1.29, 1.82) is 0 Å². The summed E-state index contributed by atoms with van der Waals surface area (Å²) in [5.74, 6) is 0.795. The molecule has 1 aliphatic carbocycles. The summed E-state index contributed by atoms with van der Waals surface area (Å²) in [4.78, 5) is 46.0. The number of rotatable bonds is 5. The third-order valence-corrected chi connectivity index (χ3v) is 7.31. The summed E-state index contributed by atoms with van der Waals surface area (Å²) in [6.45, 7) is 9.18. The molecule has 0 saturated heterocycles. The maximum absolute atomic E-state index is 13.3. The molecule has 1 aliphatic rings. The van der Waals surface area contributed by atoms with Crippen LogP contribution in [0.2, 0.25) is 0 Å². The Hall–Kier alpha value is -2.61. The highest BCUT2D eigenvalue weighted by Gasteiger charge is 2.31. The zero-order chi connectivity index (χ0) is 22.3. The van der Waals surface area contributed by atoms with Gasteiger partial charge in [-0.1, -0.05) is 27.7 Å². The molecule has 31 heavy (non-hydrogen) atoms. The average Bonchev–Trinajstić information content (AvgIpc) is 3.07. The first-order chi connectivity index (χ1) is 14.7. The molecule has 4 rings (SSSR count). The van der Waals surface area contributed by atoms with Crippen LogP contribution in [0.15, 0.2) is 26.6 Å². The SMILES string of the molecule is CCCOc1c[nH]c(Cn2c(=O)[nH]c3sc4c(c3c2=O)CCC(C(C)(C)C)C4)cc1=O. The van der Waals surface area contributed by atoms with E-state index in [0.717, 1.165) is 31.2 Å². The molecule has 3 aromatic heterocycles. The minimum Gasteiger partial charge on any atom is -0.488 e. The molecule has 0 amide bonds. The van der Waals surface area contributed by atoms with Gasteiger partial charge in [-0.05, 0) is 42.6 Å². The highest BCUT2D eigenvalue weighted by Crippen LogP contribution is 2.41. The van der Waals surface area contributed by atoms with Crippen LogP contribution in [0.4, 0.5) is 0 Å². The zero-order valence-electron chi connectivity index (χ0n) is 18.5. The number of H-pyrrole nitrogens is 2. The first-order valence-corrected chi connectivity index (χ1v) is 11.6. The van der Waals surface area contributed by atoms with E-state index in [-0.39, 0.29) is 28.7 Å². The molecule has 0 aromatic carbocycles. The molecule has 0 saturated carbocycles. The second-order valence-electron chi connectivity index (χ2n) is 9.37. The van der Waals surface area contributed by atoms with Crippen LogP contribution in [0.1, 0.15) is 56.7 Å². The van der Waals surface area contributed by atoms with Crippen LogP contribution in [0, 0.1) is 11.3 Å². The van der Waals surface area contributed by atoms with Gasteiger partial charge in [0.2, 0.25) is 5.43 Å². The van der Waals surface area contributed by atoms with Crippen LogP contribution in [0.3, 0.4) is 0 Å². The highest BCUT2D eigenvalue weighted by atomic mass is 32.1. The normalized spacial score (nSPS) is 16.5. The van der Waals surface area contributed by atoms with Gasteiger partial charge in [-0.2, -0.15) is 0 Å². The quantitative estimate of drug-likeness (QED) is 0.631. The summed E-state index contributed by atoms with van der Waals surface area (Å²) in [6.07, 6.45) is 5.11. The second kappa shape index (κ2) is 8.15. The predicted octanol–water partition coefficient (Wildman–Crippen LogP) is 3.43. The van der Waals surface area contributed by atoms with E-state index in [2.05, 4.69) is 30.7 Å². The van der Waals surface area contributed by atoms with Crippen LogP contribution < -0.4 is 21.4 Å². The molecular formula is C23H29N3O4S. The molecule has 0 spiro atoms. The number of aromatic amines is 2. The van der Waals surface area contributed by atoms with Gasteiger partial charge in [0, 0.05) is 22.8 Å². The number of thiophene rings is 1. The average molecular weight is 444 g/mol. The third-order valence-electron chi connectivity index (χ3n) is 6.14. The van der Waals surface area contributed by atoms with E-state index in [9.17, 15) is 14.4 Å². The van der Waals surface area contributed by atoms with E-state index in [1.807, 2.05) is 6.92 Å². The second-order valence-corrected chi connectivity index (χ2v) is 10.5. The van der Waals surface area contributed by atoms with Gasteiger partial charge in [0.05, 0.1) is 18.5 Å². The van der Waals surface area contributed by atoms with E-state index >= 15 is 0 Å². The maximum atomic E-state index is 13.3. The van der Waals surface area contributed by atoms with Gasteiger partial charge in [-0.25, -0.2) is 4.79 Å². The Balaban J connectivity index is 1.71. The van der Waals surface area contributed by atoms with Crippen molar-refractivity contribution in [2.45, 2.75) is 59.9 Å². The van der Waals surface area contributed by atoms with Crippen molar-refractivity contribution in [2.24, 2.45) is 11.3 Å². The summed E-state index contributed by atoms with van der Waals surface area (Å²) in [6, 6.07) is 1.39. The van der Waals surface area contributed by atoms with Crippen LogP contribution in [-0.2, 0) is 19.4 Å². The minimum atomic E-state index is -0.462. The maximum Gasteiger partial charge on any atom is 0.329 e.